The fourth-order valence-electron chi connectivity index (χ4n) is 2.20. The lowest BCUT2D eigenvalue weighted by atomic mass is 10.1. The van der Waals surface area contributed by atoms with Crippen molar-refractivity contribution in [2.45, 2.75) is 27.3 Å². The molecule has 0 aliphatic rings. The van der Waals surface area contributed by atoms with Crippen molar-refractivity contribution in [1.29, 1.82) is 0 Å². The van der Waals surface area contributed by atoms with E-state index in [4.69, 9.17) is 4.74 Å². The van der Waals surface area contributed by atoms with E-state index in [9.17, 15) is 0 Å². The molecule has 0 saturated heterocycles. The lowest BCUT2D eigenvalue weighted by Gasteiger charge is -2.15. The van der Waals surface area contributed by atoms with Gasteiger partial charge in [-0.2, -0.15) is 0 Å². The van der Waals surface area contributed by atoms with E-state index in [0.29, 0.717) is 0 Å². The fraction of sp³-hybridized carbons (Fsp3) is 0.312. The number of hydrogen-bond acceptors (Lipinski definition) is 3. The molecule has 0 amide bonds. The number of anilines is 1. The highest BCUT2D eigenvalue weighted by molar-refractivity contribution is 5.59. The molecule has 1 heterocycles. The van der Waals surface area contributed by atoms with Crippen LogP contribution in [-0.4, -0.2) is 12.1 Å². The normalized spacial score (nSPS) is 10.3. The van der Waals surface area contributed by atoms with Gasteiger partial charge < -0.3 is 10.1 Å². The minimum Gasteiger partial charge on any atom is -0.496 e. The number of ether oxygens (including phenoxy) is 1. The van der Waals surface area contributed by atoms with E-state index in [-0.39, 0.29) is 0 Å². The summed E-state index contributed by atoms with van der Waals surface area (Å²) in [5.74, 6) is 0.952. The van der Waals surface area contributed by atoms with Crippen molar-refractivity contribution in [3.8, 4) is 5.75 Å². The van der Waals surface area contributed by atoms with Gasteiger partial charge in [0.1, 0.15) is 5.75 Å². The van der Waals surface area contributed by atoms with Gasteiger partial charge in [-0.25, -0.2) is 0 Å². The SMILES string of the molecule is COc1c(C)ccc(NCc2cnccc2C)c1C. The molecule has 3 nitrogen and oxygen atoms in total. The van der Waals surface area contributed by atoms with E-state index in [1.807, 2.05) is 18.5 Å². The first-order valence-electron chi connectivity index (χ1n) is 6.41. The standard InChI is InChI=1S/C16H20N2O/c1-11-7-8-17-9-14(11)10-18-15-6-5-12(2)16(19-4)13(15)3/h5-9,18H,10H2,1-4H3. The molecule has 0 radical (unpaired) electrons. The largest absolute Gasteiger partial charge is 0.496 e. The highest BCUT2D eigenvalue weighted by atomic mass is 16.5. The summed E-state index contributed by atoms with van der Waals surface area (Å²) in [4.78, 5) is 4.16. The zero-order valence-corrected chi connectivity index (χ0v) is 11.9. The number of pyridine rings is 1. The average Bonchev–Trinajstić information content (AvgIpc) is 2.40. The molecule has 0 fully saturated rings. The molecule has 2 rings (SSSR count). The Hall–Kier alpha value is -2.03. The Balaban J connectivity index is 2.19. The van der Waals surface area contributed by atoms with Crippen LogP contribution in [-0.2, 0) is 6.54 Å². The van der Waals surface area contributed by atoms with Crippen LogP contribution < -0.4 is 10.1 Å². The highest BCUT2D eigenvalue weighted by Crippen LogP contribution is 2.29. The van der Waals surface area contributed by atoms with Crippen LogP contribution in [0.2, 0.25) is 0 Å². The second kappa shape index (κ2) is 5.74. The summed E-state index contributed by atoms with van der Waals surface area (Å²) < 4.78 is 5.44. The van der Waals surface area contributed by atoms with Crippen LogP contribution in [0, 0.1) is 20.8 Å². The van der Waals surface area contributed by atoms with Gasteiger partial charge >= 0.3 is 0 Å². The summed E-state index contributed by atoms with van der Waals surface area (Å²) in [6, 6.07) is 6.20. The smallest absolute Gasteiger partial charge is 0.126 e. The summed E-state index contributed by atoms with van der Waals surface area (Å²) in [5.41, 5.74) is 5.86. The molecule has 3 heteroatoms. The third kappa shape index (κ3) is 2.87. The van der Waals surface area contributed by atoms with Gasteiger partial charge in [0.05, 0.1) is 7.11 Å². The molecule has 0 aliphatic carbocycles. The first-order chi connectivity index (χ1) is 9.13. The van der Waals surface area contributed by atoms with Crippen molar-refractivity contribution in [1.82, 2.24) is 4.98 Å². The molecule has 1 N–H and O–H groups in total. The van der Waals surface area contributed by atoms with Crippen molar-refractivity contribution in [2.24, 2.45) is 0 Å². The predicted molar refractivity (Wildman–Crippen MR) is 78.8 cm³/mol. The molecule has 1 aromatic heterocycles. The van der Waals surface area contributed by atoms with Gasteiger partial charge in [0.25, 0.3) is 0 Å². The first kappa shape index (κ1) is 13.4. The number of benzene rings is 1. The molecule has 0 spiro atoms. The molecule has 0 saturated carbocycles. The molecule has 0 unspecified atom stereocenters. The van der Waals surface area contributed by atoms with Crippen LogP contribution in [0.1, 0.15) is 22.3 Å². The van der Waals surface area contributed by atoms with E-state index in [2.05, 4.69) is 43.2 Å². The minimum atomic E-state index is 0.771. The molecule has 2 aromatic rings. The summed E-state index contributed by atoms with van der Waals surface area (Å²) in [6.45, 7) is 7.00. The Labute approximate surface area is 114 Å². The number of nitrogens with one attached hydrogen (secondary N) is 1. The number of aromatic nitrogens is 1. The summed E-state index contributed by atoms with van der Waals surface area (Å²) in [6.07, 6.45) is 3.72. The second-order valence-electron chi connectivity index (χ2n) is 4.74. The Morgan fingerprint density at radius 1 is 1.11 bits per heavy atom. The van der Waals surface area contributed by atoms with Gasteiger partial charge in [-0.05, 0) is 49.6 Å². The molecule has 100 valence electrons. The lowest BCUT2D eigenvalue weighted by molar-refractivity contribution is 0.409. The van der Waals surface area contributed by atoms with Crippen molar-refractivity contribution >= 4 is 5.69 Å². The maximum absolute atomic E-state index is 5.44. The highest BCUT2D eigenvalue weighted by Gasteiger charge is 2.07. The first-order valence-corrected chi connectivity index (χ1v) is 6.41. The second-order valence-corrected chi connectivity index (χ2v) is 4.74. The van der Waals surface area contributed by atoms with Crippen LogP contribution in [0.4, 0.5) is 5.69 Å². The van der Waals surface area contributed by atoms with Gasteiger partial charge in [0, 0.05) is 30.2 Å². The maximum Gasteiger partial charge on any atom is 0.126 e. The average molecular weight is 256 g/mol. The third-order valence-corrected chi connectivity index (χ3v) is 3.42. The molecular weight excluding hydrogens is 236 g/mol. The number of methoxy groups -OCH3 is 1. The molecule has 0 bridgehead atoms. The van der Waals surface area contributed by atoms with E-state index >= 15 is 0 Å². The van der Waals surface area contributed by atoms with E-state index in [0.717, 1.165) is 29.1 Å². The zero-order chi connectivity index (χ0) is 13.8. The van der Waals surface area contributed by atoms with Gasteiger partial charge in [-0.3, -0.25) is 4.98 Å². The molecular formula is C16H20N2O. The van der Waals surface area contributed by atoms with Crippen molar-refractivity contribution in [3.63, 3.8) is 0 Å². The molecule has 0 atom stereocenters. The van der Waals surface area contributed by atoms with Gasteiger partial charge in [-0.15, -0.1) is 0 Å². The summed E-state index contributed by atoms with van der Waals surface area (Å²) >= 11 is 0. The van der Waals surface area contributed by atoms with E-state index in [1.54, 1.807) is 7.11 Å². The zero-order valence-electron chi connectivity index (χ0n) is 11.9. The monoisotopic (exact) mass is 256 g/mol. The number of rotatable bonds is 4. The molecule has 19 heavy (non-hydrogen) atoms. The van der Waals surface area contributed by atoms with Crippen molar-refractivity contribution in [2.75, 3.05) is 12.4 Å². The number of aryl methyl sites for hydroxylation is 2. The lowest BCUT2D eigenvalue weighted by Crippen LogP contribution is -2.04. The van der Waals surface area contributed by atoms with Crippen LogP contribution in [0.15, 0.2) is 30.6 Å². The third-order valence-electron chi connectivity index (χ3n) is 3.42. The maximum atomic E-state index is 5.44. The van der Waals surface area contributed by atoms with Crippen LogP contribution in [0.25, 0.3) is 0 Å². The van der Waals surface area contributed by atoms with Gasteiger partial charge in [0.15, 0.2) is 0 Å². The van der Waals surface area contributed by atoms with Crippen LogP contribution in [0.3, 0.4) is 0 Å². The van der Waals surface area contributed by atoms with Crippen LogP contribution >= 0.6 is 0 Å². The summed E-state index contributed by atoms with van der Waals surface area (Å²) in [7, 11) is 1.71. The van der Waals surface area contributed by atoms with E-state index < -0.39 is 0 Å². The molecule has 0 aliphatic heterocycles. The van der Waals surface area contributed by atoms with Crippen molar-refractivity contribution < 1.29 is 4.74 Å². The van der Waals surface area contributed by atoms with Gasteiger partial charge in [-0.1, -0.05) is 6.07 Å². The Kier molecular flexibility index (Phi) is 4.05. The predicted octanol–water partition coefficient (Wildman–Crippen LogP) is 3.63. The van der Waals surface area contributed by atoms with Gasteiger partial charge in [0.2, 0.25) is 0 Å². The Morgan fingerprint density at radius 3 is 2.58 bits per heavy atom. The number of nitrogens with zero attached hydrogens (tertiary/aromatic N) is 1. The molecule has 1 aromatic carbocycles. The fourth-order valence-corrected chi connectivity index (χ4v) is 2.20. The summed E-state index contributed by atoms with van der Waals surface area (Å²) in [5, 5.41) is 3.45. The van der Waals surface area contributed by atoms with E-state index in [1.165, 1.54) is 11.1 Å². The Bertz CT molecular complexity index is 579. The minimum absolute atomic E-state index is 0.771. The van der Waals surface area contributed by atoms with Crippen LogP contribution in [0.5, 0.6) is 5.75 Å². The Morgan fingerprint density at radius 2 is 1.89 bits per heavy atom. The number of hydrogen-bond donors (Lipinski definition) is 1. The quantitative estimate of drug-likeness (QED) is 0.907. The topological polar surface area (TPSA) is 34.1 Å². The van der Waals surface area contributed by atoms with Crippen molar-refractivity contribution in [3.05, 3.63) is 52.8 Å².